The molecule has 0 heterocycles. The molecule has 0 saturated heterocycles. The van der Waals surface area contributed by atoms with Gasteiger partial charge in [-0.1, -0.05) is 49.2 Å². The molecule has 0 saturated carbocycles. The van der Waals surface area contributed by atoms with Crippen molar-refractivity contribution in [2.45, 2.75) is 26.7 Å². The number of carbonyl (C=O) groups is 3. The molecule has 0 spiro atoms. The summed E-state index contributed by atoms with van der Waals surface area (Å²) in [5.74, 6) is -1.08. The van der Waals surface area contributed by atoms with E-state index in [4.69, 9.17) is 11.6 Å². The largest absolute Gasteiger partial charge is 0.308 e. The number of allylic oxidation sites excluding steroid dienone is 2. The fraction of sp³-hybridized carbons (Fsp3) is 0.312. The molecule has 1 aromatic rings. The van der Waals surface area contributed by atoms with Crippen LogP contribution in [0.25, 0.3) is 0 Å². The molecule has 0 radical (unpaired) electrons. The third-order valence-electron chi connectivity index (χ3n) is 3.42. The predicted octanol–water partition coefficient (Wildman–Crippen LogP) is 3.16. The van der Waals surface area contributed by atoms with Crippen LogP contribution in [0.4, 0.5) is 0 Å². The predicted molar refractivity (Wildman–Crippen MR) is 80.3 cm³/mol. The van der Waals surface area contributed by atoms with E-state index in [1.807, 2.05) is 6.92 Å². The molecular formula is C16H16ClNO3. The molecule has 21 heavy (non-hydrogen) atoms. The average Bonchev–Trinajstić information content (AvgIpc) is 2.48. The highest BCUT2D eigenvalue weighted by atomic mass is 35.5. The molecule has 0 aromatic heterocycles. The van der Waals surface area contributed by atoms with Gasteiger partial charge in [0.25, 0.3) is 0 Å². The van der Waals surface area contributed by atoms with Crippen LogP contribution >= 0.6 is 11.6 Å². The maximum absolute atomic E-state index is 12.6. The summed E-state index contributed by atoms with van der Waals surface area (Å²) < 4.78 is 0. The van der Waals surface area contributed by atoms with Gasteiger partial charge in [-0.25, -0.2) is 0 Å². The molecule has 0 atom stereocenters. The van der Waals surface area contributed by atoms with Crippen molar-refractivity contribution in [1.29, 1.82) is 0 Å². The fourth-order valence-corrected chi connectivity index (χ4v) is 2.61. The minimum Gasteiger partial charge on any atom is -0.308 e. The lowest BCUT2D eigenvalue weighted by atomic mass is 9.91. The van der Waals surface area contributed by atoms with E-state index >= 15 is 0 Å². The molecule has 1 aliphatic rings. The van der Waals surface area contributed by atoms with E-state index in [2.05, 4.69) is 0 Å². The summed E-state index contributed by atoms with van der Waals surface area (Å²) in [6.45, 7) is 3.72. The number of hydrogen-bond donors (Lipinski definition) is 0. The molecule has 4 nitrogen and oxygen atoms in total. The number of rotatable bonds is 4. The molecule has 0 unspecified atom stereocenters. The van der Waals surface area contributed by atoms with Gasteiger partial charge in [0.15, 0.2) is 0 Å². The monoisotopic (exact) mass is 305 g/mol. The summed E-state index contributed by atoms with van der Waals surface area (Å²) in [6.07, 6.45) is 1.60. The number of benzene rings is 1. The molecule has 1 aromatic carbocycles. The van der Waals surface area contributed by atoms with Gasteiger partial charge in [0.05, 0.1) is 0 Å². The lowest BCUT2D eigenvalue weighted by Crippen LogP contribution is -2.36. The standard InChI is InChI=1S/C16H16ClNO3/c1-3-4-9-18(10(2)19)14-13(17)15(20)11-7-5-6-8-12(11)16(14)21/h5-8H,3-4,9H2,1-2H3. The van der Waals surface area contributed by atoms with Crippen molar-refractivity contribution in [3.63, 3.8) is 0 Å². The van der Waals surface area contributed by atoms with Crippen LogP contribution in [0.2, 0.25) is 0 Å². The first kappa shape index (κ1) is 15.4. The van der Waals surface area contributed by atoms with Gasteiger partial charge < -0.3 is 4.90 Å². The van der Waals surface area contributed by atoms with Crippen LogP contribution in [0, 0.1) is 0 Å². The number of ketones is 2. The quantitative estimate of drug-likeness (QED) is 0.858. The first-order valence-corrected chi connectivity index (χ1v) is 7.23. The fourth-order valence-electron chi connectivity index (χ4n) is 2.32. The van der Waals surface area contributed by atoms with Crippen LogP contribution in [0.5, 0.6) is 0 Å². The molecule has 0 fully saturated rings. The number of nitrogens with zero attached hydrogens (tertiary/aromatic N) is 1. The number of Topliss-reactive ketones (excluding diaryl/α,β-unsaturated/α-hetero) is 2. The SMILES string of the molecule is CCCCN(C(C)=O)C1=C(Cl)C(=O)c2ccccc2C1=O. The summed E-state index contributed by atoms with van der Waals surface area (Å²) in [4.78, 5) is 38.0. The highest BCUT2D eigenvalue weighted by Gasteiger charge is 2.35. The Labute approximate surface area is 128 Å². The lowest BCUT2D eigenvalue weighted by molar-refractivity contribution is -0.126. The number of carbonyl (C=O) groups excluding carboxylic acids is 3. The molecule has 1 aliphatic carbocycles. The van der Waals surface area contributed by atoms with Gasteiger partial charge in [0.1, 0.15) is 10.7 Å². The minimum absolute atomic E-state index is 0.00122. The van der Waals surface area contributed by atoms with E-state index in [1.165, 1.54) is 11.8 Å². The summed E-state index contributed by atoms with van der Waals surface area (Å²) >= 11 is 6.09. The molecule has 1 amide bonds. The second-order valence-electron chi connectivity index (χ2n) is 4.89. The van der Waals surface area contributed by atoms with E-state index in [9.17, 15) is 14.4 Å². The van der Waals surface area contributed by atoms with Crippen LogP contribution in [-0.2, 0) is 4.79 Å². The van der Waals surface area contributed by atoms with Crippen molar-refractivity contribution >= 4 is 29.1 Å². The highest BCUT2D eigenvalue weighted by molar-refractivity contribution is 6.50. The Morgan fingerprint density at radius 1 is 1.14 bits per heavy atom. The Bertz CT molecular complexity index is 649. The molecule has 2 rings (SSSR count). The Balaban J connectivity index is 2.52. The van der Waals surface area contributed by atoms with Crippen molar-refractivity contribution in [3.8, 4) is 0 Å². The first-order valence-electron chi connectivity index (χ1n) is 6.85. The zero-order chi connectivity index (χ0) is 15.6. The van der Waals surface area contributed by atoms with E-state index in [1.54, 1.807) is 24.3 Å². The summed E-state index contributed by atoms with van der Waals surface area (Å²) in [7, 11) is 0. The van der Waals surface area contributed by atoms with Crippen molar-refractivity contribution in [1.82, 2.24) is 4.90 Å². The zero-order valence-electron chi connectivity index (χ0n) is 12.0. The third-order valence-corrected chi connectivity index (χ3v) is 3.77. The Hall–Kier alpha value is -1.94. The van der Waals surface area contributed by atoms with Gasteiger partial charge in [0, 0.05) is 24.6 Å². The van der Waals surface area contributed by atoms with E-state index in [0.29, 0.717) is 12.1 Å². The number of unbranched alkanes of at least 4 members (excludes halogenated alkanes) is 1. The number of hydrogen-bond acceptors (Lipinski definition) is 3. The average molecular weight is 306 g/mol. The minimum atomic E-state index is -0.412. The summed E-state index contributed by atoms with van der Waals surface area (Å²) in [6, 6.07) is 6.51. The maximum atomic E-state index is 12.6. The van der Waals surface area contributed by atoms with Gasteiger partial charge in [-0.2, -0.15) is 0 Å². The summed E-state index contributed by atoms with van der Waals surface area (Å²) in [5, 5.41) is -0.176. The van der Waals surface area contributed by atoms with Crippen LogP contribution in [0.15, 0.2) is 35.0 Å². The van der Waals surface area contributed by atoms with E-state index in [-0.39, 0.29) is 28.0 Å². The van der Waals surface area contributed by atoms with Crippen LogP contribution in [0.3, 0.4) is 0 Å². The second-order valence-corrected chi connectivity index (χ2v) is 5.27. The van der Waals surface area contributed by atoms with Gasteiger partial charge in [-0.3, -0.25) is 14.4 Å². The molecule has 0 N–H and O–H groups in total. The molecule has 0 aliphatic heterocycles. The van der Waals surface area contributed by atoms with Crippen molar-refractivity contribution in [3.05, 3.63) is 46.1 Å². The maximum Gasteiger partial charge on any atom is 0.224 e. The van der Waals surface area contributed by atoms with Gasteiger partial charge in [0.2, 0.25) is 17.5 Å². The van der Waals surface area contributed by atoms with Crippen LogP contribution < -0.4 is 0 Å². The van der Waals surface area contributed by atoms with Crippen LogP contribution in [0.1, 0.15) is 47.4 Å². The third kappa shape index (κ3) is 2.76. The number of fused-ring (bicyclic) bond motifs is 1. The Morgan fingerprint density at radius 3 is 2.24 bits per heavy atom. The molecule has 110 valence electrons. The van der Waals surface area contributed by atoms with Crippen LogP contribution in [-0.4, -0.2) is 28.9 Å². The smallest absolute Gasteiger partial charge is 0.224 e. The van der Waals surface area contributed by atoms with Gasteiger partial charge in [-0.05, 0) is 6.42 Å². The Kier molecular flexibility index (Phi) is 4.58. The first-order chi connectivity index (χ1) is 9.99. The topological polar surface area (TPSA) is 54.5 Å². The van der Waals surface area contributed by atoms with Crippen molar-refractivity contribution in [2.24, 2.45) is 0 Å². The van der Waals surface area contributed by atoms with Crippen molar-refractivity contribution < 1.29 is 14.4 Å². The van der Waals surface area contributed by atoms with E-state index in [0.717, 1.165) is 12.8 Å². The van der Waals surface area contributed by atoms with Crippen molar-refractivity contribution in [2.75, 3.05) is 6.54 Å². The zero-order valence-corrected chi connectivity index (χ0v) is 12.7. The highest BCUT2D eigenvalue weighted by Crippen LogP contribution is 2.30. The normalized spacial score (nSPS) is 14.2. The second kappa shape index (κ2) is 6.22. The number of halogens is 1. The Morgan fingerprint density at radius 2 is 1.71 bits per heavy atom. The molecule has 5 heteroatoms. The molecule has 0 bridgehead atoms. The summed E-state index contributed by atoms with van der Waals surface area (Å²) in [5.41, 5.74) is 0.584. The molecular weight excluding hydrogens is 290 g/mol. The van der Waals surface area contributed by atoms with Gasteiger partial charge in [-0.15, -0.1) is 0 Å². The lowest BCUT2D eigenvalue weighted by Gasteiger charge is -2.27. The van der Waals surface area contributed by atoms with Gasteiger partial charge >= 0.3 is 0 Å². The number of amides is 1. The van der Waals surface area contributed by atoms with E-state index < -0.39 is 5.78 Å².